The van der Waals surface area contributed by atoms with Crippen LogP contribution in [0, 0.1) is 0 Å². The van der Waals surface area contributed by atoms with Gasteiger partial charge in [0, 0.05) is 30.2 Å². The minimum absolute atomic E-state index is 0.427. The molecule has 0 spiro atoms. The molecule has 0 saturated carbocycles. The van der Waals surface area contributed by atoms with E-state index in [2.05, 4.69) is 19.9 Å². The fourth-order valence-electron chi connectivity index (χ4n) is 3.60. The number of imidazole rings is 1. The van der Waals surface area contributed by atoms with Crippen molar-refractivity contribution >= 4 is 0 Å². The zero-order valence-electron chi connectivity index (χ0n) is 12.3. The molecule has 1 atom stereocenters. The Morgan fingerprint density at radius 1 is 1.14 bits per heavy atom. The molecule has 0 bridgehead atoms. The quantitative estimate of drug-likeness (QED) is 0.940. The zero-order chi connectivity index (χ0) is 14.1. The van der Waals surface area contributed by atoms with Crippen LogP contribution in [0.15, 0.2) is 18.7 Å². The van der Waals surface area contributed by atoms with Crippen molar-refractivity contribution in [3.8, 4) is 0 Å². The Morgan fingerprint density at radius 3 is 2.86 bits per heavy atom. The number of hydrogen-bond acceptors (Lipinski definition) is 4. The third-order valence-electron chi connectivity index (χ3n) is 4.65. The van der Waals surface area contributed by atoms with Gasteiger partial charge in [0.05, 0.1) is 11.7 Å². The van der Waals surface area contributed by atoms with Crippen molar-refractivity contribution in [3.63, 3.8) is 0 Å². The lowest BCUT2D eigenvalue weighted by Crippen LogP contribution is -2.23. The largest absolute Gasteiger partial charge is 0.344 e. The second-order valence-electron chi connectivity index (χ2n) is 6.13. The second kappa shape index (κ2) is 5.56. The maximum atomic E-state index is 4.90. The minimum Gasteiger partial charge on any atom is -0.344 e. The molecule has 2 aliphatic rings. The number of hydrogen-bond donors (Lipinski definition) is 1. The third kappa shape index (κ3) is 2.58. The molecule has 110 valence electrons. The Balaban J connectivity index is 1.54. The van der Waals surface area contributed by atoms with Crippen LogP contribution >= 0.6 is 0 Å². The van der Waals surface area contributed by atoms with Gasteiger partial charge >= 0.3 is 0 Å². The number of rotatable bonds is 3. The van der Waals surface area contributed by atoms with Crippen LogP contribution in [0.2, 0.25) is 0 Å². The SMILES string of the molecule is c1ncc(CN2CCCC2c2nc3c([nH]2)CCCC3)cn1. The third-order valence-corrected chi connectivity index (χ3v) is 4.65. The molecule has 21 heavy (non-hydrogen) atoms. The van der Waals surface area contributed by atoms with E-state index in [-0.39, 0.29) is 0 Å². The first kappa shape index (κ1) is 13.0. The van der Waals surface area contributed by atoms with Gasteiger partial charge in [0.2, 0.25) is 0 Å². The molecule has 5 nitrogen and oxygen atoms in total. The molecule has 1 fully saturated rings. The van der Waals surface area contributed by atoms with Crippen LogP contribution in [0.1, 0.15) is 54.5 Å². The summed E-state index contributed by atoms with van der Waals surface area (Å²) in [5.74, 6) is 1.18. The summed E-state index contributed by atoms with van der Waals surface area (Å²) >= 11 is 0. The minimum atomic E-state index is 0.427. The molecule has 2 aromatic rings. The summed E-state index contributed by atoms with van der Waals surface area (Å²) in [5.41, 5.74) is 3.87. The van der Waals surface area contributed by atoms with E-state index in [0.717, 1.165) is 19.5 Å². The average Bonchev–Trinajstić information content (AvgIpc) is 3.14. The Kier molecular flexibility index (Phi) is 3.43. The van der Waals surface area contributed by atoms with Crippen molar-refractivity contribution in [2.75, 3.05) is 6.54 Å². The molecular formula is C16H21N5. The van der Waals surface area contributed by atoms with Crippen LogP contribution in [0.3, 0.4) is 0 Å². The van der Waals surface area contributed by atoms with Gasteiger partial charge in [0.25, 0.3) is 0 Å². The number of H-pyrrole nitrogens is 1. The van der Waals surface area contributed by atoms with Crippen molar-refractivity contribution in [2.45, 2.75) is 51.1 Å². The number of aryl methyl sites for hydroxylation is 2. The summed E-state index contributed by atoms with van der Waals surface area (Å²) in [4.78, 5) is 19.2. The molecule has 0 aromatic carbocycles. The van der Waals surface area contributed by atoms with Crippen LogP contribution in [-0.4, -0.2) is 31.4 Å². The van der Waals surface area contributed by atoms with Crippen molar-refractivity contribution in [3.05, 3.63) is 41.5 Å². The summed E-state index contributed by atoms with van der Waals surface area (Å²) in [6.07, 6.45) is 12.7. The number of nitrogens with zero attached hydrogens (tertiary/aromatic N) is 4. The van der Waals surface area contributed by atoms with Crippen molar-refractivity contribution in [1.29, 1.82) is 0 Å². The lowest BCUT2D eigenvalue weighted by molar-refractivity contribution is 0.240. The van der Waals surface area contributed by atoms with Crippen molar-refractivity contribution in [1.82, 2.24) is 24.8 Å². The van der Waals surface area contributed by atoms with Gasteiger partial charge in [-0.05, 0) is 45.1 Å². The Morgan fingerprint density at radius 2 is 2.00 bits per heavy atom. The van der Waals surface area contributed by atoms with Gasteiger partial charge in [-0.25, -0.2) is 15.0 Å². The molecule has 1 saturated heterocycles. The normalized spacial score (nSPS) is 22.4. The van der Waals surface area contributed by atoms with Crippen LogP contribution in [0.5, 0.6) is 0 Å². The summed E-state index contributed by atoms with van der Waals surface area (Å²) in [6, 6.07) is 0.427. The maximum absolute atomic E-state index is 4.90. The van der Waals surface area contributed by atoms with E-state index in [0.29, 0.717) is 6.04 Å². The highest BCUT2D eigenvalue weighted by molar-refractivity contribution is 5.20. The summed E-state index contributed by atoms with van der Waals surface area (Å²) in [5, 5.41) is 0. The zero-order valence-corrected chi connectivity index (χ0v) is 12.3. The first-order valence-electron chi connectivity index (χ1n) is 7.96. The first-order chi connectivity index (χ1) is 10.4. The molecule has 0 radical (unpaired) electrons. The molecule has 1 unspecified atom stereocenters. The maximum Gasteiger partial charge on any atom is 0.124 e. The lowest BCUT2D eigenvalue weighted by atomic mass is 10.0. The Bertz CT molecular complexity index is 583. The van der Waals surface area contributed by atoms with Crippen molar-refractivity contribution in [2.24, 2.45) is 0 Å². The van der Waals surface area contributed by atoms with Gasteiger partial charge < -0.3 is 4.98 Å². The number of aromatic amines is 1. The molecule has 0 amide bonds. The molecule has 5 heteroatoms. The van der Waals surface area contributed by atoms with Gasteiger partial charge in [-0.2, -0.15) is 0 Å². The lowest BCUT2D eigenvalue weighted by Gasteiger charge is -2.22. The molecule has 1 aliphatic carbocycles. The molecular weight excluding hydrogens is 262 g/mol. The van der Waals surface area contributed by atoms with Gasteiger partial charge in [-0.1, -0.05) is 0 Å². The number of nitrogens with one attached hydrogen (secondary N) is 1. The number of likely N-dealkylation sites (tertiary alicyclic amines) is 1. The van der Waals surface area contributed by atoms with Crippen LogP contribution in [0.4, 0.5) is 0 Å². The standard InChI is InChI=1S/C16H21N5/c1-2-5-14-13(4-1)19-16(20-14)15-6-3-7-21(15)10-12-8-17-11-18-9-12/h8-9,11,15H,1-7,10H2,(H,19,20). The smallest absolute Gasteiger partial charge is 0.124 e. The molecule has 1 aliphatic heterocycles. The van der Waals surface area contributed by atoms with E-state index in [4.69, 9.17) is 4.98 Å². The van der Waals surface area contributed by atoms with Gasteiger partial charge in [0.1, 0.15) is 12.2 Å². The summed E-state index contributed by atoms with van der Waals surface area (Å²) in [6.45, 7) is 2.04. The summed E-state index contributed by atoms with van der Waals surface area (Å²) in [7, 11) is 0. The fraction of sp³-hybridized carbons (Fsp3) is 0.562. The van der Waals surface area contributed by atoms with E-state index >= 15 is 0 Å². The highest BCUT2D eigenvalue weighted by Gasteiger charge is 2.29. The van der Waals surface area contributed by atoms with Gasteiger partial charge in [-0.15, -0.1) is 0 Å². The first-order valence-corrected chi connectivity index (χ1v) is 7.96. The Labute approximate surface area is 124 Å². The topological polar surface area (TPSA) is 57.7 Å². The van der Waals surface area contributed by atoms with Crippen LogP contribution in [-0.2, 0) is 19.4 Å². The fourth-order valence-corrected chi connectivity index (χ4v) is 3.60. The van der Waals surface area contributed by atoms with E-state index in [9.17, 15) is 0 Å². The molecule has 1 N–H and O–H groups in total. The molecule has 4 rings (SSSR count). The highest BCUT2D eigenvalue weighted by Crippen LogP contribution is 2.33. The van der Waals surface area contributed by atoms with E-state index in [1.54, 1.807) is 6.33 Å². The Hall–Kier alpha value is -1.75. The second-order valence-corrected chi connectivity index (χ2v) is 6.13. The number of aromatic nitrogens is 4. The van der Waals surface area contributed by atoms with Gasteiger partial charge in [-0.3, -0.25) is 4.90 Å². The predicted molar refractivity (Wildman–Crippen MR) is 79.6 cm³/mol. The van der Waals surface area contributed by atoms with E-state index in [1.807, 2.05) is 12.4 Å². The van der Waals surface area contributed by atoms with Crippen LogP contribution < -0.4 is 0 Å². The summed E-state index contributed by atoms with van der Waals surface area (Å²) < 4.78 is 0. The van der Waals surface area contributed by atoms with E-state index in [1.165, 1.54) is 54.9 Å². The van der Waals surface area contributed by atoms with E-state index < -0.39 is 0 Å². The van der Waals surface area contributed by atoms with Crippen LogP contribution in [0.25, 0.3) is 0 Å². The monoisotopic (exact) mass is 283 g/mol. The average molecular weight is 283 g/mol. The molecule has 3 heterocycles. The predicted octanol–water partition coefficient (Wildman–Crippen LogP) is 2.42. The highest BCUT2D eigenvalue weighted by atomic mass is 15.2. The van der Waals surface area contributed by atoms with Gasteiger partial charge in [0.15, 0.2) is 0 Å². The van der Waals surface area contributed by atoms with Crippen molar-refractivity contribution < 1.29 is 0 Å². The number of fused-ring (bicyclic) bond motifs is 1. The molecule has 2 aromatic heterocycles.